The third-order valence-corrected chi connectivity index (χ3v) is 6.13. The molecule has 126 valence electrons. The highest BCUT2D eigenvalue weighted by Gasteiger charge is 2.49. The van der Waals surface area contributed by atoms with E-state index in [-0.39, 0.29) is 17.8 Å². The number of carbonyl (C=O) groups is 2. The van der Waals surface area contributed by atoms with Crippen LogP contribution in [0.25, 0.3) is 0 Å². The Labute approximate surface area is 133 Å². The van der Waals surface area contributed by atoms with Gasteiger partial charge in [-0.2, -0.15) is 0 Å². The molecule has 0 aromatic carbocycles. The monoisotopic (exact) mass is 310 g/mol. The molecule has 0 aromatic rings. The van der Waals surface area contributed by atoms with Gasteiger partial charge in [0.05, 0.1) is 11.8 Å². The van der Waals surface area contributed by atoms with Crippen LogP contribution in [0.2, 0.25) is 0 Å². The third kappa shape index (κ3) is 3.47. The first-order valence-corrected chi connectivity index (χ1v) is 8.95. The highest BCUT2D eigenvalue weighted by molar-refractivity contribution is 5.72. The molecule has 6 unspecified atom stereocenters. The number of carboxylic acid groups (broad SMARTS) is 2. The maximum Gasteiger partial charge on any atom is 0.306 e. The van der Waals surface area contributed by atoms with E-state index in [0.717, 1.165) is 38.5 Å². The van der Waals surface area contributed by atoms with Gasteiger partial charge in [0.15, 0.2) is 0 Å². The van der Waals surface area contributed by atoms with Crippen LogP contribution in [-0.4, -0.2) is 22.2 Å². The first kappa shape index (κ1) is 17.3. The quantitative estimate of drug-likeness (QED) is 0.776. The Morgan fingerprint density at radius 1 is 0.909 bits per heavy atom. The van der Waals surface area contributed by atoms with Crippen molar-refractivity contribution in [2.24, 2.45) is 35.5 Å². The molecule has 2 aliphatic rings. The topological polar surface area (TPSA) is 74.6 Å². The summed E-state index contributed by atoms with van der Waals surface area (Å²) in [5.41, 5.74) is 0. The maximum atomic E-state index is 11.7. The zero-order chi connectivity index (χ0) is 16.3. The molecule has 0 saturated heterocycles. The Kier molecular flexibility index (Phi) is 5.87. The van der Waals surface area contributed by atoms with Crippen molar-refractivity contribution in [1.29, 1.82) is 0 Å². The van der Waals surface area contributed by atoms with Gasteiger partial charge in [0, 0.05) is 0 Å². The molecule has 4 nitrogen and oxygen atoms in total. The lowest BCUT2D eigenvalue weighted by Crippen LogP contribution is -2.46. The van der Waals surface area contributed by atoms with Crippen molar-refractivity contribution in [1.82, 2.24) is 0 Å². The molecule has 2 N–H and O–H groups in total. The molecule has 0 radical (unpaired) electrons. The molecule has 22 heavy (non-hydrogen) atoms. The number of aliphatic carboxylic acids is 2. The van der Waals surface area contributed by atoms with Gasteiger partial charge in [-0.05, 0) is 49.4 Å². The summed E-state index contributed by atoms with van der Waals surface area (Å²) in [6.45, 7) is 4.34. The summed E-state index contributed by atoms with van der Waals surface area (Å²) in [6.07, 6.45) is 7.29. The lowest BCUT2D eigenvalue weighted by Gasteiger charge is -2.50. The van der Waals surface area contributed by atoms with Crippen LogP contribution in [0.15, 0.2) is 0 Å². The number of carboxylic acids is 2. The van der Waals surface area contributed by atoms with Gasteiger partial charge in [-0.3, -0.25) is 9.59 Å². The summed E-state index contributed by atoms with van der Waals surface area (Å²) in [7, 11) is 0. The van der Waals surface area contributed by atoms with Gasteiger partial charge < -0.3 is 10.2 Å². The molecule has 2 fully saturated rings. The number of rotatable bonds is 6. The van der Waals surface area contributed by atoms with E-state index in [1.165, 1.54) is 0 Å². The first-order chi connectivity index (χ1) is 10.5. The summed E-state index contributed by atoms with van der Waals surface area (Å²) >= 11 is 0. The minimum atomic E-state index is -0.696. The van der Waals surface area contributed by atoms with Gasteiger partial charge in [0.25, 0.3) is 0 Å². The molecule has 6 atom stereocenters. The van der Waals surface area contributed by atoms with E-state index in [1.807, 2.05) is 0 Å². The van der Waals surface area contributed by atoms with Crippen LogP contribution >= 0.6 is 0 Å². The second kappa shape index (κ2) is 7.47. The van der Waals surface area contributed by atoms with Gasteiger partial charge >= 0.3 is 11.9 Å². The van der Waals surface area contributed by atoms with Gasteiger partial charge in [-0.1, -0.05) is 39.5 Å². The summed E-state index contributed by atoms with van der Waals surface area (Å²) in [4.78, 5) is 23.1. The summed E-state index contributed by atoms with van der Waals surface area (Å²) in [6, 6.07) is 0. The molecule has 0 aliphatic heterocycles. The molecule has 2 saturated carbocycles. The molecule has 0 heterocycles. The van der Waals surface area contributed by atoms with Crippen LogP contribution in [0.4, 0.5) is 0 Å². The average molecular weight is 310 g/mol. The molecular formula is C18H30O4. The van der Waals surface area contributed by atoms with E-state index in [2.05, 4.69) is 13.8 Å². The molecule has 2 aliphatic carbocycles. The Bertz CT molecular complexity index is 406. The summed E-state index contributed by atoms with van der Waals surface area (Å²) in [5.74, 6) is -0.427. The van der Waals surface area contributed by atoms with E-state index in [9.17, 15) is 19.8 Å². The highest BCUT2D eigenvalue weighted by Crippen LogP contribution is 2.53. The van der Waals surface area contributed by atoms with Crippen LogP contribution in [-0.2, 0) is 9.59 Å². The van der Waals surface area contributed by atoms with E-state index in [4.69, 9.17) is 0 Å². The zero-order valence-electron chi connectivity index (χ0n) is 13.8. The highest BCUT2D eigenvalue weighted by atomic mass is 16.4. The van der Waals surface area contributed by atoms with Gasteiger partial charge in [0.1, 0.15) is 0 Å². The van der Waals surface area contributed by atoms with Crippen molar-refractivity contribution in [3.05, 3.63) is 0 Å². The van der Waals surface area contributed by atoms with Crippen LogP contribution < -0.4 is 0 Å². The van der Waals surface area contributed by atoms with Crippen molar-refractivity contribution in [3.63, 3.8) is 0 Å². The first-order valence-electron chi connectivity index (χ1n) is 8.95. The minimum Gasteiger partial charge on any atom is -0.481 e. The Hall–Kier alpha value is -1.06. The van der Waals surface area contributed by atoms with Gasteiger partial charge in [-0.25, -0.2) is 0 Å². The summed E-state index contributed by atoms with van der Waals surface area (Å²) < 4.78 is 0. The van der Waals surface area contributed by atoms with E-state index in [0.29, 0.717) is 30.6 Å². The van der Waals surface area contributed by atoms with E-state index in [1.54, 1.807) is 0 Å². The smallest absolute Gasteiger partial charge is 0.306 e. The molecule has 0 amide bonds. The van der Waals surface area contributed by atoms with E-state index < -0.39 is 11.9 Å². The fraction of sp³-hybridized carbons (Fsp3) is 0.889. The van der Waals surface area contributed by atoms with Crippen molar-refractivity contribution in [3.8, 4) is 0 Å². The predicted octanol–water partition coefficient (Wildman–Crippen LogP) is 4.04. The zero-order valence-corrected chi connectivity index (χ0v) is 13.8. The largest absolute Gasteiger partial charge is 0.481 e. The molecule has 0 aromatic heterocycles. The predicted molar refractivity (Wildman–Crippen MR) is 84.5 cm³/mol. The fourth-order valence-corrected chi connectivity index (χ4v) is 5.24. The second-order valence-electron chi connectivity index (χ2n) is 7.36. The van der Waals surface area contributed by atoms with Crippen LogP contribution in [0.1, 0.15) is 65.2 Å². The Morgan fingerprint density at radius 3 is 2.14 bits per heavy atom. The Morgan fingerprint density at radius 2 is 1.59 bits per heavy atom. The van der Waals surface area contributed by atoms with Gasteiger partial charge in [-0.15, -0.1) is 0 Å². The summed E-state index contributed by atoms with van der Waals surface area (Å²) in [5, 5.41) is 19.0. The number of hydrogen-bond acceptors (Lipinski definition) is 2. The molecular weight excluding hydrogens is 280 g/mol. The number of fused-ring (bicyclic) bond motifs is 1. The molecule has 0 spiro atoms. The third-order valence-electron chi connectivity index (χ3n) is 6.13. The molecule has 4 heteroatoms. The van der Waals surface area contributed by atoms with Crippen molar-refractivity contribution < 1.29 is 19.8 Å². The Balaban J connectivity index is 2.25. The lowest BCUT2D eigenvalue weighted by molar-refractivity contribution is -0.153. The normalized spacial score (nSPS) is 38.3. The molecule has 2 rings (SSSR count). The number of hydrogen-bond donors (Lipinski definition) is 2. The minimum absolute atomic E-state index is 0.192. The lowest BCUT2D eigenvalue weighted by atomic mass is 9.54. The van der Waals surface area contributed by atoms with E-state index >= 15 is 0 Å². The maximum absolute atomic E-state index is 11.7. The van der Waals surface area contributed by atoms with Crippen molar-refractivity contribution >= 4 is 11.9 Å². The van der Waals surface area contributed by atoms with Crippen molar-refractivity contribution in [2.45, 2.75) is 65.2 Å². The van der Waals surface area contributed by atoms with Gasteiger partial charge in [0.2, 0.25) is 0 Å². The van der Waals surface area contributed by atoms with Crippen LogP contribution in [0.3, 0.4) is 0 Å². The van der Waals surface area contributed by atoms with Crippen LogP contribution in [0, 0.1) is 35.5 Å². The average Bonchev–Trinajstić information content (AvgIpc) is 2.48. The fourth-order valence-electron chi connectivity index (χ4n) is 5.24. The second-order valence-corrected chi connectivity index (χ2v) is 7.36. The molecule has 0 bridgehead atoms. The standard InChI is InChI=1S/C18H30O4/c1-3-5-11-9-16(18(21)22)14-8-7-12(17(19)20)10-15(14)13(11)6-4-2/h11-16H,3-10H2,1-2H3,(H,19,20)(H,21,22). The SMILES string of the molecule is CCCC1CC(C(=O)O)C2CCC(C(=O)O)CC2C1CCC. The van der Waals surface area contributed by atoms with Crippen molar-refractivity contribution in [2.75, 3.05) is 0 Å². The van der Waals surface area contributed by atoms with Crippen LogP contribution in [0.5, 0.6) is 0 Å².